The zero-order chi connectivity index (χ0) is 14.6. The van der Waals surface area contributed by atoms with E-state index in [4.69, 9.17) is 0 Å². The van der Waals surface area contributed by atoms with Gasteiger partial charge in [0.25, 0.3) is 0 Å². The first-order valence-corrected chi connectivity index (χ1v) is 6.80. The van der Waals surface area contributed by atoms with Crippen LogP contribution in [0.5, 0.6) is 0 Å². The van der Waals surface area contributed by atoms with E-state index in [0.717, 1.165) is 10.0 Å². The van der Waals surface area contributed by atoms with Gasteiger partial charge in [-0.3, -0.25) is 0 Å². The number of hydrogen-bond acceptors (Lipinski definition) is 2. The maximum absolute atomic E-state index is 12.6. The summed E-state index contributed by atoms with van der Waals surface area (Å²) in [5.41, 5.74) is 1.58. The number of hydrogen-bond donors (Lipinski definition) is 1. The topological polar surface area (TPSA) is 15.3 Å². The highest BCUT2D eigenvalue weighted by Crippen LogP contribution is 2.28. The molecule has 1 N–H and O–H groups in total. The van der Waals surface area contributed by atoms with Crippen LogP contribution in [0, 0.1) is 0 Å². The molecule has 0 radical (unpaired) electrons. The SMILES string of the molecule is CNCc1ccc(N(CC(F)(F)F)C(C)C)cc1Br. The lowest BCUT2D eigenvalue weighted by atomic mass is 10.1. The second-order valence-electron chi connectivity index (χ2n) is 4.64. The minimum absolute atomic E-state index is 0.219. The lowest BCUT2D eigenvalue weighted by molar-refractivity contribution is -0.120. The van der Waals surface area contributed by atoms with Crippen molar-refractivity contribution >= 4 is 21.6 Å². The first-order valence-electron chi connectivity index (χ1n) is 6.01. The Kier molecular flexibility index (Phi) is 5.67. The zero-order valence-corrected chi connectivity index (χ0v) is 12.8. The first-order chi connectivity index (χ1) is 8.74. The molecule has 1 aromatic carbocycles. The van der Waals surface area contributed by atoms with E-state index in [1.807, 2.05) is 13.1 Å². The molecule has 19 heavy (non-hydrogen) atoms. The number of nitrogens with one attached hydrogen (secondary N) is 1. The second-order valence-corrected chi connectivity index (χ2v) is 5.50. The Labute approximate surface area is 120 Å². The average Bonchev–Trinajstić information content (AvgIpc) is 2.27. The smallest absolute Gasteiger partial charge is 0.360 e. The summed E-state index contributed by atoms with van der Waals surface area (Å²) >= 11 is 3.40. The molecule has 0 aliphatic carbocycles. The molecule has 0 aromatic heterocycles. The normalized spacial score (nSPS) is 12.0. The third kappa shape index (κ3) is 5.03. The van der Waals surface area contributed by atoms with Crippen molar-refractivity contribution < 1.29 is 13.2 Å². The van der Waals surface area contributed by atoms with E-state index in [2.05, 4.69) is 21.2 Å². The van der Waals surface area contributed by atoms with Crippen LogP contribution in [0.2, 0.25) is 0 Å². The Balaban J connectivity index is 3.00. The Bertz CT molecular complexity index is 419. The lowest BCUT2D eigenvalue weighted by Gasteiger charge is -2.30. The average molecular weight is 339 g/mol. The second kappa shape index (κ2) is 6.61. The summed E-state index contributed by atoms with van der Waals surface area (Å²) in [5, 5.41) is 3.01. The third-order valence-electron chi connectivity index (χ3n) is 2.71. The van der Waals surface area contributed by atoms with Crippen LogP contribution in [0.15, 0.2) is 22.7 Å². The fourth-order valence-electron chi connectivity index (χ4n) is 1.81. The minimum atomic E-state index is -4.21. The molecule has 0 aliphatic rings. The molecule has 0 unspecified atom stereocenters. The Morgan fingerprint density at radius 3 is 2.37 bits per heavy atom. The highest BCUT2D eigenvalue weighted by atomic mass is 79.9. The van der Waals surface area contributed by atoms with Crippen molar-refractivity contribution in [2.45, 2.75) is 32.6 Å². The van der Waals surface area contributed by atoms with Crippen LogP contribution in [0.4, 0.5) is 18.9 Å². The van der Waals surface area contributed by atoms with Gasteiger partial charge in [0.15, 0.2) is 0 Å². The standard InChI is InChI=1S/C13H18BrF3N2/c1-9(2)19(8-13(15,16)17)11-5-4-10(7-18-3)12(14)6-11/h4-6,9,18H,7-8H2,1-3H3. The van der Waals surface area contributed by atoms with E-state index in [0.29, 0.717) is 12.2 Å². The molecular formula is C13H18BrF3N2. The fourth-order valence-corrected chi connectivity index (χ4v) is 2.32. The van der Waals surface area contributed by atoms with Crippen LogP contribution in [0.1, 0.15) is 19.4 Å². The molecule has 0 saturated heterocycles. The molecule has 108 valence electrons. The summed E-state index contributed by atoms with van der Waals surface area (Å²) in [7, 11) is 1.82. The van der Waals surface area contributed by atoms with Gasteiger partial charge in [-0.1, -0.05) is 22.0 Å². The van der Waals surface area contributed by atoms with Gasteiger partial charge in [-0.25, -0.2) is 0 Å². The summed E-state index contributed by atoms with van der Waals surface area (Å²) in [6.07, 6.45) is -4.21. The molecule has 0 bridgehead atoms. The van der Waals surface area contributed by atoms with Gasteiger partial charge in [0.05, 0.1) is 0 Å². The van der Waals surface area contributed by atoms with Gasteiger partial charge in [-0.2, -0.15) is 13.2 Å². The Morgan fingerprint density at radius 1 is 1.32 bits per heavy atom. The zero-order valence-electron chi connectivity index (χ0n) is 11.2. The summed E-state index contributed by atoms with van der Waals surface area (Å²) in [6, 6.07) is 5.08. The summed E-state index contributed by atoms with van der Waals surface area (Å²) in [6.45, 7) is 3.23. The number of nitrogens with zero attached hydrogens (tertiary/aromatic N) is 1. The van der Waals surface area contributed by atoms with Gasteiger partial charge >= 0.3 is 6.18 Å². The molecule has 1 rings (SSSR count). The van der Waals surface area contributed by atoms with Crippen molar-refractivity contribution in [1.29, 1.82) is 0 Å². The van der Waals surface area contributed by atoms with E-state index in [-0.39, 0.29) is 6.04 Å². The molecular weight excluding hydrogens is 321 g/mol. The van der Waals surface area contributed by atoms with E-state index >= 15 is 0 Å². The molecule has 0 atom stereocenters. The van der Waals surface area contributed by atoms with Gasteiger partial charge in [0.2, 0.25) is 0 Å². The monoisotopic (exact) mass is 338 g/mol. The third-order valence-corrected chi connectivity index (χ3v) is 3.45. The highest BCUT2D eigenvalue weighted by molar-refractivity contribution is 9.10. The van der Waals surface area contributed by atoms with Gasteiger partial charge < -0.3 is 10.2 Å². The van der Waals surface area contributed by atoms with Crippen LogP contribution in [0.3, 0.4) is 0 Å². The maximum atomic E-state index is 12.6. The first kappa shape index (κ1) is 16.3. The summed E-state index contributed by atoms with van der Waals surface area (Å²) in [4.78, 5) is 1.34. The van der Waals surface area contributed by atoms with Gasteiger partial charge in [-0.05, 0) is 38.6 Å². The molecule has 0 aliphatic heterocycles. The number of anilines is 1. The van der Waals surface area contributed by atoms with E-state index in [9.17, 15) is 13.2 Å². The van der Waals surface area contributed by atoms with Gasteiger partial charge in [0.1, 0.15) is 6.54 Å². The molecule has 0 saturated carbocycles. The number of rotatable bonds is 5. The van der Waals surface area contributed by atoms with Gasteiger partial charge in [0, 0.05) is 22.7 Å². The quantitative estimate of drug-likeness (QED) is 0.874. The predicted molar refractivity (Wildman–Crippen MR) is 75.4 cm³/mol. The maximum Gasteiger partial charge on any atom is 0.405 e. The minimum Gasteiger partial charge on any atom is -0.360 e. The van der Waals surface area contributed by atoms with Crippen molar-refractivity contribution in [2.24, 2.45) is 0 Å². The fraction of sp³-hybridized carbons (Fsp3) is 0.538. The summed E-state index contributed by atoms with van der Waals surface area (Å²) < 4.78 is 38.6. The number of halogens is 4. The number of benzene rings is 1. The van der Waals surface area contributed by atoms with Crippen molar-refractivity contribution in [3.05, 3.63) is 28.2 Å². The van der Waals surface area contributed by atoms with Crippen LogP contribution in [0.25, 0.3) is 0 Å². The molecule has 2 nitrogen and oxygen atoms in total. The molecule has 0 heterocycles. The van der Waals surface area contributed by atoms with Crippen molar-refractivity contribution in [2.75, 3.05) is 18.5 Å². The van der Waals surface area contributed by atoms with E-state index in [1.165, 1.54) is 4.90 Å². The molecule has 0 fully saturated rings. The van der Waals surface area contributed by atoms with Gasteiger partial charge in [-0.15, -0.1) is 0 Å². The predicted octanol–water partition coefficient (Wildman–Crippen LogP) is 3.95. The Morgan fingerprint density at radius 2 is 1.95 bits per heavy atom. The van der Waals surface area contributed by atoms with E-state index in [1.54, 1.807) is 26.0 Å². The molecule has 0 spiro atoms. The van der Waals surface area contributed by atoms with Crippen LogP contribution >= 0.6 is 15.9 Å². The van der Waals surface area contributed by atoms with Crippen LogP contribution < -0.4 is 10.2 Å². The van der Waals surface area contributed by atoms with Crippen molar-refractivity contribution in [3.8, 4) is 0 Å². The van der Waals surface area contributed by atoms with Crippen LogP contribution in [-0.4, -0.2) is 25.8 Å². The molecule has 1 aromatic rings. The summed E-state index contributed by atoms with van der Waals surface area (Å²) in [5.74, 6) is 0. The lowest BCUT2D eigenvalue weighted by Crippen LogP contribution is -2.39. The molecule has 6 heteroatoms. The Hall–Kier alpha value is -0.750. The van der Waals surface area contributed by atoms with Crippen LogP contribution in [-0.2, 0) is 6.54 Å². The highest BCUT2D eigenvalue weighted by Gasteiger charge is 2.32. The molecule has 0 amide bonds. The van der Waals surface area contributed by atoms with Crippen molar-refractivity contribution in [3.63, 3.8) is 0 Å². The largest absolute Gasteiger partial charge is 0.405 e. The van der Waals surface area contributed by atoms with Crippen molar-refractivity contribution in [1.82, 2.24) is 5.32 Å². The van der Waals surface area contributed by atoms with E-state index < -0.39 is 12.7 Å². The number of alkyl halides is 3.